The smallest absolute Gasteiger partial charge is 0.173 e. The summed E-state index contributed by atoms with van der Waals surface area (Å²) in [6.45, 7) is 0. The van der Waals surface area contributed by atoms with Crippen molar-refractivity contribution in [3.63, 3.8) is 0 Å². The molecule has 1 rings (SSSR count). The molecule has 0 unspecified atom stereocenters. The van der Waals surface area contributed by atoms with E-state index in [1.54, 1.807) is 12.1 Å². The van der Waals surface area contributed by atoms with Crippen molar-refractivity contribution >= 4 is 29.0 Å². The molecule has 4 nitrogen and oxygen atoms in total. The van der Waals surface area contributed by atoms with Crippen molar-refractivity contribution in [1.82, 2.24) is 0 Å². The lowest BCUT2D eigenvalue weighted by Gasteiger charge is -2.08. The van der Waals surface area contributed by atoms with Gasteiger partial charge in [0.1, 0.15) is 5.75 Å². The first-order chi connectivity index (χ1) is 6.61. The lowest BCUT2D eigenvalue weighted by Crippen LogP contribution is -2.14. The SMILES string of the molecule is COc1ccc(Cl)c(C(N)=NO)c1Cl. The zero-order valence-corrected chi connectivity index (χ0v) is 8.80. The Hall–Kier alpha value is -1.13. The maximum Gasteiger partial charge on any atom is 0.173 e. The molecule has 0 radical (unpaired) electrons. The first-order valence-corrected chi connectivity index (χ1v) is 4.37. The number of nitrogens with zero attached hydrogens (tertiary/aromatic N) is 1. The van der Waals surface area contributed by atoms with Gasteiger partial charge in [-0.3, -0.25) is 0 Å². The molecule has 0 aromatic heterocycles. The molecule has 0 spiro atoms. The number of hydrogen-bond donors (Lipinski definition) is 2. The van der Waals surface area contributed by atoms with Crippen molar-refractivity contribution in [2.75, 3.05) is 7.11 Å². The number of hydrogen-bond acceptors (Lipinski definition) is 3. The maximum absolute atomic E-state index is 8.51. The number of benzene rings is 1. The lowest BCUT2D eigenvalue weighted by atomic mass is 10.2. The summed E-state index contributed by atoms with van der Waals surface area (Å²) in [6, 6.07) is 3.15. The molecule has 1 aromatic carbocycles. The van der Waals surface area contributed by atoms with E-state index in [2.05, 4.69) is 5.16 Å². The van der Waals surface area contributed by atoms with E-state index in [1.165, 1.54) is 7.11 Å². The molecule has 6 heteroatoms. The summed E-state index contributed by atoms with van der Waals surface area (Å²) >= 11 is 11.7. The third-order valence-corrected chi connectivity index (χ3v) is 2.33. The highest BCUT2D eigenvalue weighted by Crippen LogP contribution is 2.32. The molecule has 1 aromatic rings. The van der Waals surface area contributed by atoms with E-state index in [1.807, 2.05) is 0 Å². The van der Waals surface area contributed by atoms with Crippen LogP contribution in [0.5, 0.6) is 5.75 Å². The van der Waals surface area contributed by atoms with Gasteiger partial charge in [-0.25, -0.2) is 0 Å². The molecule has 0 aliphatic rings. The number of ether oxygens (including phenoxy) is 1. The Bertz CT molecular complexity index is 380. The molecule has 0 aliphatic carbocycles. The fourth-order valence-corrected chi connectivity index (χ4v) is 1.62. The zero-order valence-electron chi connectivity index (χ0n) is 7.29. The van der Waals surface area contributed by atoms with Crippen molar-refractivity contribution in [2.45, 2.75) is 0 Å². The molecule has 3 N–H and O–H groups in total. The number of oxime groups is 1. The minimum atomic E-state index is -0.154. The van der Waals surface area contributed by atoms with E-state index in [0.717, 1.165) is 0 Å². The van der Waals surface area contributed by atoms with Crippen LogP contribution in [0.15, 0.2) is 17.3 Å². The number of halogens is 2. The monoisotopic (exact) mass is 234 g/mol. The fourth-order valence-electron chi connectivity index (χ4n) is 0.976. The van der Waals surface area contributed by atoms with Crippen LogP contribution in [0.4, 0.5) is 0 Å². The Kier molecular flexibility index (Phi) is 3.43. The highest BCUT2D eigenvalue weighted by molar-refractivity contribution is 6.40. The van der Waals surface area contributed by atoms with Gasteiger partial charge in [0.15, 0.2) is 5.84 Å². The third-order valence-electron chi connectivity index (χ3n) is 1.64. The number of rotatable bonds is 2. The van der Waals surface area contributed by atoms with Crippen molar-refractivity contribution in [2.24, 2.45) is 10.9 Å². The predicted octanol–water partition coefficient (Wildman–Crippen LogP) is 2.10. The van der Waals surface area contributed by atoms with E-state index >= 15 is 0 Å². The minimum Gasteiger partial charge on any atom is -0.495 e. The van der Waals surface area contributed by atoms with Crippen molar-refractivity contribution in [1.29, 1.82) is 0 Å². The molecule has 0 heterocycles. The summed E-state index contributed by atoms with van der Waals surface area (Å²) in [5.41, 5.74) is 5.65. The van der Waals surface area contributed by atoms with Crippen molar-refractivity contribution in [3.8, 4) is 5.75 Å². The number of nitrogens with two attached hydrogens (primary N) is 1. The van der Waals surface area contributed by atoms with Crippen LogP contribution in [-0.4, -0.2) is 18.2 Å². The molecule has 0 bridgehead atoms. The molecule has 0 aliphatic heterocycles. The molecule has 76 valence electrons. The summed E-state index contributed by atoms with van der Waals surface area (Å²) in [7, 11) is 1.46. The van der Waals surface area contributed by atoms with Crippen LogP contribution in [0.2, 0.25) is 10.0 Å². The Labute approximate surface area is 90.9 Å². The Morgan fingerprint density at radius 2 is 2.14 bits per heavy atom. The highest BCUT2D eigenvalue weighted by atomic mass is 35.5. The molecular formula is C8H8Cl2N2O2. The summed E-state index contributed by atoms with van der Waals surface area (Å²) in [4.78, 5) is 0. The normalized spacial score (nSPS) is 11.5. The Morgan fingerprint density at radius 1 is 1.50 bits per heavy atom. The predicted molar refractivity (Wildman–Crippen MR) is 55.5 cm³/mol. The van der Waals surface area contributed by atoms with Crippen LogP contribution in [0.3, 0.4) is 0 Å². The molecule has 0 atom stereocenters. The summed E-state index contributed by atoms with van der Waals surface area (Å²) < 4.78 is 4.95. The van der Waals surface area contributed by atoms with Crippen LogP contribution in [0.1, 0.15) is 5.56 Å². The first kappa shape index (κ1) is 10.9. The molecule has 0 saturated heterocycles. The number of methoxy groups -OCH3 is 1. The van der Waals surface area contributed by atoms with E-state index in [-0.39, 0.29) is 16.4 Å². The van der Waals surface area contributed by atoms with Gasteiger partial charge in [-0.2, -0.15) is 0 Å². The van der Waals surface area contributed by atoms with Gasteiger partial charge in [0.2, 0.25) is 0 Å². The lowest BCUT2D eigenvalue weighted by molar-refractivity contribution is 0.318. The second kappa shape index (κ2) is 4.39. The average Bonchev–Trinajstić information content (AvgIpc) is 2.18. The molecule has 0 saturated carbocycles. The second-order valence-corrected chi connectivity index (χ2v) is 3.21. The van der Waals surface area contributed by atoms with E-state index in [0.29, 0.717) is 10.8 Å². The Balaban J connectivity index is 3.40. The fraction of sp³-hybridized carbons (Fsp3) is 0.125. The van der Waals surface area contributed by atoms with Crippen LogP contribution in [0, 0.1) is 0 Å². The van der Waals surface area contributed by atoms with E-state index < -0.39 is 0 Å². The van der Waals surface area contributed by atoms with Crippen LogP contribution in [-0.2, 0) is 0 Å². The highest BCUT2D eigenvalue weighted by Gasteiger charge is 2.14. The average molecular weight is 235 g/mol. The van der Waals surface area contributed by atoms with Gasteiger partial charge in [-0.05, 0) is 12.1 Å². The topological polar surface area (TPSA) is 67.8 Å². The second-order valence-electron chi connectivity index (χ2n) is 2.42. The van der Waals surface area contributed by atoms with Gasteiger partial charge in [0, 0.05) is 0 Å². The van der Waals surface area contributed by atoms with Crippen molar-refractivity contribution in [3.05, 3.63) is 27.7 Å². The first-order valence-electron chi connectivity index (χ1n) is 3.61. The standard InChI is InChI=1S/C8H8Cl2N2O2/c1-14-5-3-2-4(9)6(7(5)10)8(11)12-13/h2-3,13H,1H3,(H2,11,12). The van der Waals surface area contributed by atoms with Gasteiger partial charge in [0.05, 0.1) is 22.7 Å². The van der Waals surface area contributed by atoms with Crippen LogP contribution >= 0.6 is 23.2 Å². The molecule has 0 amide bonds. The van der Waals surface area contributed by atoms with E-state index in [4.69, 9.17) is 38.9 Å². The summed E-state index contributed by atoms with van der Waals surface area (Å²) in [5, 5.41) is 11.8. The van der Waals surface area contributed by atoms with Gasteiger partial charge in [-0.15, -0.1) is 0 Å². The quantitative estimate of drug-likeness (QED) is 0.357. The molecule has 0 fully saturated rings. The Morgan fingerprint density at radius 3 is 2.64 bits per heavy atom. The largest absolute Gasteiger partial charge is 0.495 e. The number of amidine groups is 1. The molecular weight excluding hydrogens is 227 g/mol. The van der Waals surface area contributed by atoms with Gasteiger partial charge >= 0.3 is 0 Å². The minimum absolute atomic E-state index is 0.154. The molecule has 14 heavy (non-hydrogen) atoms. The van der Waals surface area contributed by atoms with E-state index in [9.17, 15) is 0 Å². The van der Waals surface area contributed by atoms with Gasteiger partial charge < -0.3 is 15.7 Å². The van der Waals surface area contributed by atoms with Crippen LogP contribution < -0.4 is 10.5 Å². The summed E-state index contributed by atoms with van der Waals surface area (Å²) in [6.07, 6.45) is 0. The van der Waals surface area contributed by atoms with Gasteiger partial charge in [-0.1, -0.05) is 28.4 Å². The van der Waals surface area contributed by atoms with Crippen molar-refractivity contribution < 1.29 is 9.94 Å². The van der Waals surface area contributed by atoms with Crippen LogP contribution in [0.25, 0.3) is 0 Å². The third kappa shape index (κ3) is 1.86. The van der Waals surface area contributed by atoms with Gasteiger partial charge in [0.25, 0.3) is 0 Å². The maximum atomic E-state index is 8.51. The zero-order chi connectivity index (χ0) is 10.7. The summed E-state index contributed by atoms with van der Waals surface area (Å²) in [5.74, 6) is 0.261.